The number of nitriles is 1. The molecular formula is C28H27F4N9O2. The predicted octanol–water partition coefficient (Wildman–Crippen LogP) is 3.50. The maximum Gasteiger partial charge on any atom is 0.417 e. The zero-order chi connectivity index (χ0) is 31.1. The summed E-state index contributed by atoms with van der Waals surface area (Å²) in [5.74, 6) is -0.818. The Morgan fingerprint density at radius 1 is 1.30 bits per heavy atom. The number of rotatable bonds is 6. The number of alkyl halides is 3. The third kappa shape index (κ3) is 5.72. The molecule has 1 saturated heterocycles. The summed E-state index contributed by atoms with van der Waals surface area (Å²) in [5, 5.41) is 19.5. The molecule has 0 unspecified atom stereocenters. The number of para-hydroxylation sites is 1. The Labute approximate surface area is 243 Å². The Bertz CT molecular complexity index is 1630. The first kappa shape index (κ1) is 29.5. The van der Waals surface area contributed by atoms with Crippen LogP contribution < -0.4 is 15.1 Å². The van der Waals surface area contributed by atoms with Crippen molar-refractivity contribution in [2.75, 3.05) is 41.8 Å². The number of halogens is 4. The summed E-state index contributed by atoms with van der Waals surface area (Å²) < 4.78 is 56.3. The topological polar surface area (TPSA) is 134 Å². The van der Waals surface area contributed by atoms with Crippen LogP contribution in [0.1, 0.15) is 40.8 Å². The molecule has 0 radical (unpaired) electrons. The SMILES string of the molecule is C=CC(=O)N1CC(c2n[nH]c(CN3CC[C@H](Nc4nc(C)cc(C(F)(F)F)c4C#N)C(=O)N(C)c4cccc(F)c43)n2)C1. The predicted molar refractivity (Wildman–Crippen MR) is 147 cm³/mol. The van der Waals surface area contributed by atoms with Gasteiger partial charge in [0.25, 0.3) is 0 Å². The first-order chi connectivity index (χ1) is 20.4. The molecule has 0 spiro atoms. The number of likely N-dealkylation sites (N-methyl/N-ethyl adjacent to an activating group) is 1. The molecule has 11 nitrogen and oxygen atoms in total. The summed E-state index contributed by atoms with van der Waals surface area (Å²) in [5.41, 5.74) is -1.49. The smallest absolute Gasteiger partial charge is 0.360 e. The summed E-state index contributed by atoms with van der Waals surface area (Å²) >= 11 is 0. The molecule has 0 bridgehead atoms. The van der Waals surface area contributed by atoms with Gasteiger partial charge in [0, 0.05) is 32.4 Å². The van der Waals surface area contributed by atoms with Gasteiger partial charge in [0.2, 0.25) is 11.8 Å². The third-order valence-electron chi connectivity index (χ3n) is 7.46. The lowest BCUT2D eigenvalue weighted by molar-refractivity contribution is -0.137. The van der Waals surface area contributed by atoms with Crippen LogP contribution in [0.3, 0.4) is 0 Å². The fourth-order valence-corrected chi connectivity index (χ4v) is 5.23. The van der Waals surface area contributed by atoms with Crippen molar-refractivity contribution in [1.82, 2.24) is 25.1 Å². The minimum absolute atomic E-state index is 0.0130. The fraction of sp³-hybridized carbons (Fsp3) is 0.357. The van der Waals surface area contributed by atoms with Gasteiger partial charge in [-0.15, -0.1) is 0 Å². The van der Waals surface area contributed by atoms with Gasteiger partial charge in [-0.2, -0.15) is 23.5 Å². The number of hydrogen-bond acceptors (Lipinski definition) is 8. The van der Waals surface area contributed by atoms with E-state index in [0.29, 0.717) is 24.7 Å². The second-order valence-electron chi connectivity index (χ2n) is 10.3. The van der Waals surface area contributed by atoms with Crippen LogP contribution in [-0.2, 0) is 22.3 Å². The second kappa shape index (κ2) is 11.3. The molecule has 15 heteroatoms. The Kier molecular flexibility index (Phi) is 7.78. The van der Waals surface area contributed by atoms with Crippen LogP contribution in [0.4, 0.5) is 34.8 Å². The van der Waals surface area contributed by atoms with Gasteiger partial charge in [-0.3, -0.25) is 14.7 Å². The normalized spacial score (nSPS) is 17.5. The van der Waals surface area contributed by atoms with Gasteiger partial charge in [0.05, 0.1) is 29.4 Å². The second-order valence-corrected chi connectivity index (χ2v) is 10.3. The highest BCUT2D eigenvalue weighted by Gasteiger charge is 2.38. The number of aromatic amines is 1. The van der Waals surface area contributed by atoms with Crippen LogP contribution >= 0.6 is 0 Å². The number of amides is 2. The van der Waals surface area contributed by atoms with Gasteiger partial charge in [-0.05, 0) is 37.6 Å². The van der Waals surface area contributed by atoms with Crippen molar-refractivity contribution in [2.45, 2.75) is 38.0 Å². The molecule has 2 aromatic heterocycles. The van der Waals surface area contributed by atoms with Gasteiger partial charge in [-0.25, -0.2) is 14.4 Å². The Hall–Kier alpha value is -5.00. The first-order valence-electron chi connectivity index (χ1n) is 13.3. The summed E-state index contributed by atoms with van der Waals surface area (Å²) in [4.78, 5) is 38.4. The van der Waals surface area contributed by atoms with Crippen molar-refractivity contribution >= 4 is 29.0 Å². The van der Waals surface area contributed by atoms with Gasteiger partial charge in [0.1, 0.15) is 35.1 Å². The Morgan fingerprint density at radius 3 is 2.72 bits per heavy atom. The van der Waals surface area contributed by atoms with Crippen molar-refractivity contribution in [3.63, 3.8) is 0 Å². The summed E-state index contributed by atoms with van der Waals surface area (Å²) in [7, 11) is 1.44. The van der Waals surface area contributed by atoms with E-state index in [2.05, 4.69) is 32.1 Å². The molecule has 1 fully saturated rings. The van der Waals surface area contributed by atoms with E-state index in [1.807, 2.05) is 0 Å². The molecule has 2 amide bonds. The fourth-order valence-electron chi connectivity index (χ4n) is 5.23. The molecule has 0 saturated carbocycles. The largest absolute Gasteiger partial charge is 0.417 e. The zero-order valence-electron chi connectivity index (χ0n) is 23.2. The van der Waals surface area contributed by atoms with Crippen molar-refractivity contribution < 1.29 is 27.2 Å². The minimum Gasteiger partial charge on any atom is -0.360 e. The molecule has 1 aromatic carbocycles. The molecule has 5 rings (SSSR count). The molecule has 3 aromatic rings. The number of aryl methyl sites for hydroxylation is 1. The summed E-state index contributed by atoms with van der Waals surface area (Å²) in [6.07, 6.45) is -3.54. The molecule has 224 valence electrons. The number of nitrogens with one attached hydrogen (secondary N) is 2. The van der Waals surface area contributed by atoms with E-state index in [1.54, 1.807) is 21.9 Å². The molecule has 2 aliphatic heterocycles. The minimum atomic E-state index is -4.81. The third-order valence-corrected chi connectivity index (χ3v) is 7.46. The number of anilines is 3. The summed E-state index contributed by atoms with van der Waals surface area (Å²) in [6.45, 7) is 5.88. The molecule has 43 heavy (non-hydrogen) atoms. The van der Waals surface area contributed by atoms with E-state index < -0.39 is 35.1 Å². The lowest BCUT2D eigenvalue weighted by Crippen LogP contribution is -2.48. The van der Waals surface area contributed by atoms with Crippen LogP contribution in [0.25, 0.3) is 0 Å². The van der Waals surface area contributed by atoms with E-state index in [4.69, 9.17) is 0 Å². The van der Waals surface area contributed by atoms with Crippen molar-refractivity contribution in [1.29, 1.82) is 5.26 Å². The van der Waals surface area contributed by atoms with Crippen molar-refractivity contribution in [3.05, 3.63) is 71.2 Å². The number of carbonyl (C=O) groups is 2. The molecule has 0 aliphatic carbocycles. The number of pyridine rings is 1. The monoisotopic (exact) mass is 597 g/mol. The molecule has 1 atom stereocenters. The van der Waals surface area contributed by atoms with Crippen LogP contribution in [0.2, 0.25) is 0 Å². The van der Waals surface area contributed by atoms with Crippen molar-refractivity contribution in [2.24, 2.45) is 0 Å². The van der Waals surface area contributed by atoms with E-state index in [1.165, 1.54) is 37.1 Å². The van der Waals surface area contributed by atoms with E-state index in [0.717, 1.165) is 6.07 Å². The van der Waals surface area contributed by atoms with Crippen LogP contribution in [0.15, 0.2) is 36.9 Å². The maximum atomic E-state index is 15.3. The average Bonchev–Trinajstić information content (AvgIpc) is 3.39. The van der Waals surface area contributed by atoms with Gasteiger partial charge < -0.3 is 20.0 Å². The number of carbonyl (C=O) groups excluding carboxylic acids is 2. The highest BCUT2D eigenvalue weighted by atomic mass is 19.4. The molecule has 4 heterocycles. The van der Waals surface area contributed by atoms with E-state index >= 15 is 4.39 Å². The number of hydrogen-bond donors (Lipinski definition) is 2. The van der Waals surface area contributed by atoms with Gasteiger partial charge >= 0.3 is 6.18 Å². The standard InChI is InChI=1S/C28H27F4N9O2/c1-4-23(42)41-12-16(13-41)25-36-22(37-38-25)14-40-9-8-20(27(43)39(3)21-7-5-6-19(29)24(21)40)35-26-17(11-33)18(28(30,31)32)10-15(2)34-26/h4-7,10,16,20H,1,8-9,12-14H2,2-3H3,(H,34,35)(H,36,37,38)/t20-/m0/s1. The van der Waals surface area contributed by atoms with Crippen LogP contribution in [-0.4, -0.2) is 69.6 Å². The Morgan fingerprint density at radius 2 is 2.05 bits per heavy atom. The number of H-pyrrole nitrogens is 1. The average molecular weight is 598 g/mol. The molecular weight excluding hydrogens is 570 g/mol. The van der Waals surface area contributed by atoms with Crippen LogP contribution in [0, 0.1) is 24.1 Å². The quantitative estimate of drug-likeness (QED) is 0.326. The number of benzene rings is 1. The number of aromatic nitrogens is 4. The zero-order valence-corrected chi connectivity index (χ0v) is 23.2. The first-order valence-corrected chi connectivity index (χ1v) is 13.3. The highest BCUT2D eigenvalue weighted by Crippen LogP contribution is 2.37. The molecule has 2 aliphatic rings. The highest BCUT2D eigenvalue weighted by molar-refractivity contribution is 6.01. The molecule has 2 N–H and O–H groups in total. The van der Waals surface area contributed by atoms with E-state index in [-0.39, 0.29) is 54.2 Å². The number of nitrogens with zero attached hydrogens (tertiary/aromatic N) is 7. The Balaban J connectivity index is 1.43. The van der Waals surface area contributed by atoms with E-state index in [9.17, 15) is 28.0 Å². The van der Waals surface area contributed by atoms with Crippen molar-refractivity contribution in [3.8, 4) is 6.07 Å². The maximum absolute atomic E-state index is 15.3. The van der Waals surface area contributed by atoms with Crippen LogP contribution in [0.5, 0.6) is 0 Å². The van der Waals surface area contributed by atoms with Gasteiger partial charge in [-0.1, -0.05) is 12.6 Å². The lowest BCUT2D eigenvalue weighted by Gasteiger charge is -2.37. The number of fused-ring (bicyclic) bond motifs is 1. The summed E-state index contributed by atoms with van der Waals surface area (Å²) in [6, 6.07) is 5.52. The van der Waals surface area contributed by atoms with Gasteiger partial charge in [0.15, 0.2) is 5.82 Å². The lowest BCUT2D eigenvalue weighted by atomic mass is 9.99. The number of likely N-dealkylation sites (tertiary alicyclic amines) is 1.